The molecule has 37 heavy (non-hydrogen) atoms. The van der Waals surface area contributed by atoms with Crippen molar-refractivity contribution >= 4 is 0 Å². The predicted molar refractivity (Wildman–Crippen MR) is 144 cm³/mol. The third-order valence-corrected chi connectivity index (χ3v) is 13.2. The Morgan fingerprint density at radius 1 is 1.00 bits per heavy atom. The Balaban J connectivity index is 0.00000124. The molecule has 0 radical (unpaired) electrons. The van der Waals surface area contributed by atoms with Gasteiger partial charge in [0.05, 0.1) is 12.2 Å². The first-order chi connectivity index (χ1) is 16.8. The van der Waals surface area contributed by atoms with Gasteiger partial charge in [0, 0.05) is 12.7 Å². The SMILES string of the molecule is CC.COC1CCC23C(CCC4C5CC(O)C(CCCC([O-])C(C)(C)O)C5(C)CCC42C3C)C1(C)C.[K+]. The van der Waals surface area contributed by atoms with Crippen LogP contribution in [-0.4, -0.2) is 41.2 Å². The van der Waals surface area contributed by atoms with Crippen molar-refractivity contribution in [2.45, 2.75) is 144 Å². The molecule has 5 rings (SSSR count). The molecule has 5 saturated carbocycles. The smallest absolute Gasteiger partial charge is 0.850 e. The van der Waals surface area contributed by atoms with E-state index >= 15 is 0 Å². The molecule has 0 amide bonds. The van der Waals surface area contributed by atoms with E-state index in [2.05, 4.69) is 27.7 Å². The fourth-order valence-electron chi connectivity index (χ4n) is 11.6. The normalized spacial score (nSPS) is 48.2. The van der Waals surface area contributed by atoms with Gasteiger partial charge in [-0.1, -0.05) is 60.5 Å². The van der Waals surface area contributed by atoms with Gasteiger partial charge in [-0.2, -0.15) is 0 Å². The summed E-state index contributed by atoms with van der Waals surface area (Å²) >= 11 is 0. The van der Waals surface area contributed by atoms with Crippen molar-refractivity contribution in [3.63, 3.8) is 0 Å². The standard InChI is InChI=1S/C30H51O4.C2H6.K/c1-18-29-16-15-28(6)20(9-8-10-24(32)27(4,5)33)22(31)17-21(28)19(29)11-12-23-26(2,3)25(34-7)13-14-30(18,23)29;1-2;/h18-25,31,33H,8-17H2,1-7H3;1-2H3;/q-1;;+1. The number of fused-ring (bicyclic) bond motifs is 2. The monoisotopic (exact) mass is 544 g/mol. The molecule has 11 atom stereocenters. The van der Waals surface area contributed by atoms with Gasteiger partial charge < -0.3 is 20.1 Å². The second-order valence-corrected chi connectivity index (χ2v) is 14.7. The van der Waals surface area contributed by atoms with Crippen LogP contribution in [0.5, 0.6) is 0 Å². The Bertz CT molecular complexity index is 794. The first kappa shape index (κ1) is 33.0. The molecule has 0 aromatic heterocycles. The van der Waals surface area contributed by atoms with E-state index < -0.39 is 11.7 Å². The van der Waals surface area contributed by atoms with Crippen LogP contribution >= 0.6 is 0 Å². The number of hydrogen-bond acceptors (Lipinski definition) is 4. The first-order valence-electron chi connectivity index (χ1n) is 15.4. The van der Waals surface area contributed by atoms with Crippen LogP contribution in [-0.2, 0) is 4.74 Å². The van der Waals surface area contributed by atoms with Crippen LogP contribution in [0.4, 0.5) is 0 Å². The van der Waals surface area contributed by atoms with E-state index in [9.17, 15) is 15.3 Å². The summed E-state index contributed by atoms with van der Waals surface area (Å²) in [7, 11) is 1.91. The van der Waals surface area contributed by atoms with E-state index in [-0.39, 0.29) is 68.3 Å². The van der Waals surface area contributed by atoms with Gasteiger partial charge in [-0.3, -0.25) is 0 Å². The topological polar surface area (TPSA) is 72.8 Å². The fourth-order valence-corrected chi connectivity index (χ4v) is 11.6. The molecule has 210 valence electrons. The van der Waals surface area contributed by atoms with Crippen LogP contribution in [0.15, 0.2) is 0 Å². The van der Waals surface area contributed by atoms with E-state index in [4.69, 9.17) is 4.74 Å². The predicted octanol–water partition coefficient (Wildman–Crippen LogP) is 2.97. The van der Waals surface area contributed by atoms with Gasteiger partial charge in [0.25, 0.3) is 0 Å². The molecule has 2 spiro atoms. The molecule has 2 N–H and O–H groups in total. The van der Waals surface area contributed by atoms with Gasteiger partial charge in [0.15, 0.2) is 0 Å². The summed E-state index contributed by atoms with van der Waals surface area (Å²) in [5, 5.41) is 33.7. The number of ether oxygens (including phenoxy) is 1. The fraction of sp³-hybridized carbons (Fsp3) is 1.00. The zero-order chi connectivity index (χ0) is 26.9. The molecule has 4 nitrogen and oxygen atoms in total. The minimum Gasteiger partial charge on any atom is -0.850 e. The van der Waals surface area contributed by atoms with E-state index in [1.807, 2.05) is 21.0 Å². The maximum Gasteiger partial charge on any atom is 1.00 e. The molecular formula is C32H57KO4. The van der Waals surface area contributed by atoms with E-state index in [0.717, 1.165) is 37.0 Å². The quantitative estimate of drug-likeness (QED) is 0.505. The number of methoxy groups -OCH3 is 1. The average molecular weight is 545 g/mol. The summed E-state index contributed by atoms with van der Waals surface area (Å²) in [4.78, 5) is 0. The molecule has 0 aliphatic heterocycles. The molecule has 5 heteroatoms. The Labute approximate surface area is 270 Å². The molecule has 0 saturated heterocycles. The second kappa shape index (κ2) is 11.3. The Morgan fingerprint density at radius 3 is 2.24 bits per heavy atom. The van der Waals surface area contributed by atoms with Crippen molar-refractivity contribution in [3.8, 4) is 0 Å². The summed E-state index contributed by atoms with van der Waals surface area (Å²) in [6, 6.07) is 0. The molecule has 5 fully saturated rings. The number of rotatable bonds is 6. The van der Waals surface area contributed by atoms with Crippen LogP contribution in [0.3, 0.4) is 0 Å². The molecular weight excluding hydrogens is 487 g/mol. The zero-order valence-electron chi connectivity index (χ0n) is 25.9. The number of aliphatic hydroxyl groups is 2. The third kappa shape index (κ3) is 4.67. The molecule has 0 heterocycles. The van der Waals surface area contributed by atoms with Gasteiger partial charge in [0.2, 0.25) is 0 Å². The van der Waals surface area contributed by atoms with E-state index in [1.165, 1.54) is 38.5 Å². The van der Waals surface area contributed by atoms with Crippen LogP contribution in [0.25, 0.3) is 0 Å². The summed E-state index contributed by atoms with van der Waals surface area (Å²) in [6.07, 6.45) is 10.1. The molecule has 5 aliphatic carbocycles. The first-order valence-corrected chi connectivity index (χ1v) is 15.4. The van der Waals surface area contributed by atoms with E-state index in [1.54, 1.807) is 13.8 Å². The molecule has 0 aromatic carbocycles. The van der Waals surface area contributed by atoms with Crippen LogP contribution in [0.1, 0.15) is 120 Å². The maximum absolute atomic E-state index is 12.3. The largest absolute Gasteiger partial charge is 1.00 e. The Hall–Kier alpha value is 1.48. The molecule has 0 aromatic rings. The maximum atomic E-state index is 12.3. The minimum atomic E-state index is -1.16. The third-order valence-electron chi connectivity index (χ3n) is 13.2. The van der Waals surface area contributed by atoms with Gasteiger partial charge in [-0.05, 0) is 116 Å². The Morgan fingerprint density at radius 2 is 1.65 bits per heavy atom. The average Bonchev–Trinajstić information content (AvgIpc) is 3.23. The minimum absolute atomic E-state index is 0. The van der Waals surface area contributed by atoms with Crippen molar-refractivity contribution in [1.82, 2.24) is 0 Å². The van der Waals surface area contributed by atoms with Crippen LogP contribution in [0.2, 0.25) is 0 Å². The van der Waals surface area contributed by atoms with Gasteiger partial charge in [-0.15, -0.1) is 0 Å². The second-order valence-electron chi connectivity index (χ2n) is 14.7. The van der Waals surface area contributed by atoms with Crippen molar-refractivity contribution in [2.24, 2.45) is 51.2 Å². The summed E-state index contributed by atoms with van der Waals surface area (Å²) in [5.41, 5.74) is 0.233. The Kier molecular flexibility index (Phi) is 10.1. The van der Waals surface area contributed by atoms with Gasteiger partial charge in [0.1, 0.15) is 0 Å². The number of hydrogen-bond donors (Lipinski definition) is 2. The summed E-state index contributed by atoms with van der Waals surface area (Å²) in [6.45, 7) is 17.3. The van der Waals surface area contributed by atoms with E-state index in [0.29, 0.717) is 35.2 Å². The van der Waals surface area contributed by atoms with Crippen molar-refractivity contribution in [2.75, 3.05) is 7.11 Å². The van der Waals surface area contributed by atoms with Gasteiger partial charge >= 0.3 is 51.4 Å². The van der Waals surface area contributed by atoms with Crippen molar-refractivity contribution in [1.29, 1.82) is 0 Å². The van der Waals surface area contributed by atoms with Crippen LogP contribution in [0, 0.1) is 51.2 Å². The zero-order valence-corrected chi connectivity index (χ0v) is 29.0. The summed E-state index contributed by atoms with van der Waals surface area (Å²) in [5.74, 6) is 3.21. The van der Waals surface area contributed by atoms with Crippen molar-refractivity contribution in [3.05, 3.63) is 0 Å². The summed E-state index contributed by atoms with van der Waals surface area (Å²) < 4.78 is 6.01. The molecule has 0 bridgehead atoms. The van der Waals surface area contributed by atoms with Crippen LogP contribution < -0.4 is 56.5 Å². The van der Waals surface area contributed by atoms with Gasteiger partial charge in [-0.25, -0.2) is 0 Å². The number of aliphatic hydroxyl groups excluding tert-OH is 1. The molecule has 5 aliphatic rings. The molecule has 11 unspecified atom stereocenters. The van der Waals surface area contributed by atoms with Crippen molar-refractivity contribution < 1.29 is 71.4 Å².